The van der Waals surface area contributed by atoms with Crippen LogP contribution in [-0.2, 0) is 0 Å². The van der Waals surface area contributed by atoms with Crippen LogP contribution in [0.4, 0.5) is 0 Å². The van der Waals surface area contributed by atoms with Crippen molar-refractivity contribution in [2.24, 2.45) is 0 Å². The van der Waals surface area contributed by atoms with E-state index in [-0.39, 0.29) is 0 Å². The molecule has 0 heterocycles. The van der Waals surface area contributed by atoms with Gasteiger partial charge in [0.05, 0.1) is 0 Å². The van der Waals surface area contributed by atoms with Crippen molar-refractivity contribution in [3.05, 3.63) is 34.9 Å². The van der Waals surface area contributed by atoms with Gasteiger partial charge in [-0.15, -0.1) is 0 Å². The lowest BCUT2D eigenvalue weighted by Gasteiger charge is -2.31. The number of likely N-dealkylation sites (N-methyl/N-ethyl adjacent to an activating group) is 1. The van der Waals surface area contributed by atoms with Crippen molar-refractivity contribution >= 4 is 0 Å². The Labute approximate surface area is 131 Å². The van der Waals surface area contributed by atoms with Crippen LogP contribution in [0.2, 0.25) is 0 Å². The van der Waals surface area contributed by atoms with Crippen LogP contribution >= 0.6 is 0 Å². The molecule has 0 aliphatic rings. The molecule has 1 rings (SSSR count). The second-order valence-corrected chi connectivity index (χ2v) is 6.56. The van der Waals surface area contributed by atoms with Crippen molar-refractivity contribution in [3.63, 3.8) is 0 Å². The van der Waals surface area contributed by atoms with Crippen LogP contribution in [-0.4, -0.2) is 31.1 Å². The maximum Gasteiger partial charge on any atom is 0.0447 e. The molecule has 0 saturated heterocycles. The molecule has 1 N–H and O–H groups in total. The Morgan fingerprint density at radius 2 is 1.67 bits per heavy atom. The minimum atomic E-state index is 0.410. The second-order valence-electron chi connectivity index (χ2n) is 6.56. The number of rotatable bonds is 9. The smallest absolute Gasteiger partial charge is 0.0447 e. The molecule has 0 fully saturated rings. The van der Waals surface area contributed by atoms with Gasteiger partial charge in [0.2, 0.25) is 0 Å². The Balaban J connectivity index is 2.77. The molecular formula is C19H34N2. The van der Waals surface area contributed by atoms with E-state index in [1.54, 1.807) is 0 Å². The molecule has 2 heteroatoms. The standard InChI is InChI=1S/C19H34N2/c1-7-8-9-10-21(15(2)3)14-19(20-6)18-12-16(4)11-17(5)13-18/h11-13,15,19-20H,7-10,14H2,1-6H3. The van der Waals surface area contributed by atoms with Gasteiger partial charge in [0.1, 0.15) is 0 Å². The summed E-state index contributed by atoms with van der Waals surface area (Å²) in [4.78, 5) is 2.61. The molecule has 1 unspecified atom stereocenters. The van der Waals surface area contributed by atoms with Gasteiger partial charge in [-0.1, -0.05) is 49.1 Å². The van der Waals surface area contributed by atoms with Gasteiger partial charge in [-0.25, -0.2) is 0 Å². The van der Waals surface area contributed by atoms with Gasteiger partial charge in [-0.2, -0.15) is 0 Å². The normalized spacial score (nSPS) is 13.1. The van der Waals surface area contributed by atoms with E-state index < -0.39 is 0 Å². The second kappa shape index (κ2) is 9.22. The van der Waals surface area contributed by atoms with Crippen molar-refractivity contribution in [3.8, 4) is 0 Å². The third-order valence-electron chi connectivity index (χ3n) is 4.19. The lowest BCUT2D eigenvalue weighted by molar-refractivity contribution is 0.196. The topological polar surface area (TPSA) is 15.3 Å². The first-order chi connectivity index (χ1) is 9.97. The molecule has 120 valence electrons. The molecule has 0 aliphatic carbocycles. The highest BCUT2D eigenvalue weighted by atomic mass is 15.2. The lowest BCUT2D eigenvalue weighted by atomic mass is 10.0. The largest absolute Gasteiger partial charge is 0.312 e. The summed E-state index contributed by atoms with van der Waals surface area (Å²) in [6.45, 7) is 13.5. The van der Waals surface area contributed by atoms with Gasteiger partial charge in [0.15, 0.2) is 0 Å². The highest BCUT2D eigenvalue weighted by Crippen LogP contribution is 2.19. The molecule has 0 saturated carbocycles. The Hall–Kier alpha value is -0.860. The molecule has 2 nitrogen and oxygen atoms in total. The van der Waals surface area contributed by atoms with E-state index >= 15 is 0 Å². The van der Waals surface area contributed by atoms with Gasteiger partial charge in [0.25, 0.3) is 0 Å². The first kappa shape index (κ1) is 18.2. The number of hydrogen-bond donors (Lipinski definition) is 1. The highest BCUT2D eigenvalue weighted by Gasteiger charge is 2.17. The van der Waals surface area contributed by atoms with E-state index in [1.165, 1.54) is 42.5 Å². The van der Waals surface area contributed by atoms with Crippen LogP contribution in [0.15, 0.2) is 18.2 Å². The van der Waals surface area contributed by atoms with Crippen molar-refractivity contribution < 1.29 is 0 Å². The van der Waals surface area contributed by atoms with E-state index in [9.17, 15) is 0 Å². The van der Waals surface area contributed by atoms with Gasteiger partial charge < -0.3 is 5.32 Å². The fraction of sp³-hybridized carbons (Fsp3) is 0.684. The molecule has 1 atom stereocenters. The summed E-state index contributed by atoms with van der Waals surface area (Å²) in [6.07, 6.45) is 3.92. The molecule has 21 heavy (non-hydrogen) atoms. The Bertz CT molecular complexity index is 392. The van der Waals surface area contributed by atoms with Crippen LogP contribution < -0.4 is 5.32 Å². The summed E-state index contributed by atoms with van der Waals surface area (Å²) < 4.78 is 0. The van der Waals surface area contributed by atoms with Gasteiger partial charge in [0, 0.05) is 18.6 Å². The molecule has 0 aliphatic heterocycles. The zero-order valence-corrected chi connectivity index (χ0v) is 14.9. The van der Waals surface area contributed by atoms with Crippen LogP contribution in [0.1, 0.15) is 62.8 Å². The predicted octanol–water partition coefficient (Wildman–Crippen LogP) is 4.46. The van der Waals surface area contributed by atoms with E-state index in [0.717, 1.165) is 6.54 Å². The molecule has 0 amide bonds. The summed E-state index contributed by atoms with van der Waals surface area (Å²) >= 11 is 0. The number of aryl methyl sites for hydroxylation is 2. The molecule has 1 aromatic carbocycles. The average Bonchev–Trinajstić information content (AvgIpc) is 2.41. The van der Waals surface area contributed by atoms with Crippen molar-refractivity contribution in [2.45, 2.75) is 66.0 Å². The number of nitrogens with zero attached hydrogens (tertiary/aromatic N) is 1. The Morgan fingerprint density at radius 3 is 2.14 bits per heavy atom. The van der Waals surface area contributed by atoms with Gasteiger partial charge >= 0.3 is 0 Å². The number of nitrogens with one attached hydrogen (secondary N) is 1. The summed E-state index contributed by atoms with van der Waals surface area (Å²) in [5.41, 5.74) is 4.12. The minimum absolute atomic E-state index is 0.410. The third-order valence-corrected chi connectivity index (χ3v) is 4.19. The predicted molar refractivity (Wildman–Crippen MR) is 94.0 cm³/mol. The number of benzene rings is 1. The lowest BCUT2D eigenvalue weighted by Crippen LogP contribution is -2.39. The maximum atomic E-state index is 3.51. The molecule has 0 bridgehead atoms. The van der Waals surface area contributed by atoms with Gasteiger partial charge in [-0.05, 0) is 53.3 Å². The summed E-state index contributed by atoms with van der Waals surface area (Å²) in [5, 5.41) is 3.51. The fourth-order valence-corrected chi connectivity index (χ4v) is 2.93. The van der Waals surface area contributed by atoms with Crippen LogP contribution in [0, 0.1) is 13.8 Å². The maximum absolute atomic E-state index is 3.51. The van der Waals surface area contributed by atoms with Crippen LogP contribution in [0.3, 0.4) is 0 Å². The first-order valence-corrected chi connectivity index (χ1v) is 8.47. The van der Waals surface area contributed by atoms with Crippen molar-refractivity contribution in [1.29, 1.82) is 0 Å². The molecular weight excluding hydrogens is 256 g/mol. The van der Waals surface area contributed by atoms with Crippen molar-refractivity contribution in [1.82, 2.24) is 10.2 Å². The Morgan fingerprint density at radius 1 is 1.05 bits per heavy atom. The zero-order chi connectivity index (χ0) is 15.8. The SMILES string of the molecule is CCCCCN(CC(NC)c1cc(C)cc(C)c1)C(C)C. The Kier molecular flexibility index (Phi) is 7.98. The van der Waals surface area contributed by atoms with Gasteiger partial charge in [-0.3, -0.25) is 4.90 Å². The molecule has 1 aromatic rings. The molecule has 0 aromatic heterocycles. The number of unbranched alkanes of at least 4 members (excludes halogenated alkanes) is 2. The summed E-state index contributed by atoms with van der Waals surface area (Å²) in [6, 6.07) is 7.89. The van der Waals surface area contributed by atoms with E-state index in [1.807, 2.05) is 0 Å². The van der Waals surface area contributed by atoms with E-state index in [4.69, 9.17) is 0 Å². The monoisotopic (exact) mass is 290 g/mol. The highest BCUT2D eigenvalue weighted by molar-refractivity contribution is 5.30. The molecule has 0 radical (unpaired) electrons. The quantitative estimate of drug-likeness (QED) is 0.675. The first-order valence-electron chi connectivity index (χ1n) is 8.47. The summed E-state index contributed by atoms with van der Waals surface area (Å²) in [7, 11) is 2.08. The third kappa shape index (κ3) is 6.19. The van der Waals surface area contributed by atoms with E-state index in [2.05, 4.69) is 70.1 Å². The average molecular weight is 290 g/mol. The zero-order valence-electron chi connectivity index (χ0n) is 14.9. The minimum Gasteiger partial charge on any atom is -0.312 e. The van der Waals surface area contributed by atoms with Crippen molar-refractivity contribution in [2.75, 3.05) is 20.1 Å². The fourth-order valence-electron chi connectivity index (χ4n) is 2.93. The summed E-state index contributed by atoms with van der Waals surface area (Å²) in [5.74, 6) is 0. The van der Waals surface area contributed by atoms with Crippen LogP contribution in [0.5, 0.6) is 0 Å². The van der Waals surface area contributed by atoms with Crippen LogP contribution in [0.25, 0.3) is 0 Å². The number of hydrogen-bond acceptors (Lipinski definition) is 2. The van der Waals surface area contributed by atoms with E-state index in [0.29, 0.717) is 12.1 Å². The molecule has 0 spiro atoms.